The molecule has 7 heteroatoms. The third-order valence-corrected chi connectivity index (χ3v) is 5.57. The lowest BCUT2D eigenvalue weighted by Crippen LogP contribution is -2.56. The number of carbonyl (C=O) groups excluding carboxylic acids is 2. The van der Waals surface area contributed by atoms with Crippen LogP contribution in [0.25, 0.3) is 11.1 Å². The Labute approximate surface area is 181 Å². The number of rotatable bonds is 7. The third-order valence-electron chi connectivity index (χ3n) is 5.57. The molecule has 1 aliphatic rings. The first-order chi connectivity index (χ1) is 15.1. The fraction of sp³-hybridized carbons (Fsp3) is 0.292. The van der Waals surface area contributed by atoms with Gasteiger partial charge in [-0.3, -0.25) is 14.5 Å². The molecule has 1 aliphatic heterocycles. The van der Waals surface area contributed by atoms with Gasteiger partial charge in [0.15, 0.2) is 0 Å². The second-order valence-electron chi connectivity index (χ2n) is 7.78. The van der Waals surface area contributed by atoms with Crippen molar-refractivity contribution in [2.24, 2.45) is 0 Å². The molecule has 1 aromatic heterocycles. The van der Waals surface area contributed by atoms with E-state index in [1.807, 2.05) is 18.2 Å². The summed E-state index contributed by atoms with van der Waals surface area (Å²) < 4.78 is 4.82. The summed E-state index contributed by atoms with van der Waals surface area (Å²) in [4.78, 5) is 29.0. The number of carbonyl (C=O) groups is 2. The van der Waals surface area contributed by atoms with Crippen LogP contribution in [0.3, 0.4) is 0 Å². The standard InChI is InChI=1S/C24H26N4O3/c1-27(17-21-11-14-31-26-21)23(29)15-22-24(30)25-12-13-28(22)16-18-7-9-20(10-8-18)19-5-3-2-4-6-19/h2-11,14,22H,12-13,15-17H2,1H3,(H,25,30). The fourth-order valence-electron chi connectivity index (χ4n) is 3.81. The SMILES string of the molecule is CN(Cc1ccon1)C(=O)CC1C(=O)NCCN1Cc1ccc(-c2ccccc2)cc1. The Kier molecular flexibility index (Phi) is 6.43. The molecule has 31 heavy (non-hydrogen) atoms. The first kappa shape index (κ1) is 20.8. The molecule has 2 amide bonds. The molecule has 0 radical (unpaired) electrons. The molecule has 7 nitrogen and oxygen atoms in total. The van der Waals surface area contributed by atoms with Crippen molar-refractivity contribution in [3.05, 3.63) is 78.2 Å². The first-order valence-electron chi connectivity index (χ1n) is 10.4. The number of hydrogen-bond donors (Lipinski definition) is 1. The number of aromatic nitrogens is 1. The monoisotopic (exact) mass is 418 g/mol. The van der Waals surface area contributed by atoms with Crippen molar-refractivity contribution in [3.8, 4) is 11.1 Å². The molecule has 160 valence electrons. The number of nitrogens with one attached hydrogen (secondary N) is 1. The van der Waals surface area contributed by atoms with E-state index in [1.54, 1.807) is 18.0 Å². The third kappa shape index (κ3) is 5.19. The summed E-state index contributed by atoms with van der Waals surface area (Å²) in [7, 11) is 1.71. The van der Waals surface area contributed by atoms with Crippen LogP contribution < -0.4 is 5.32 Å². The molecule has 2 aromatic carbocycles. The quantitative estimate of drug-likeness (QED) is 0.638. The molecule has 4 rings (SSSR count). The lowest BCUT2D eigenvalue weighted by Gasteiger charge is -2.35. The molecule has 0 spiro atoms. The van der Waals surface area contributed by atoms with Gasteiger partial charge < -0.3 is 14.7 Å². The van der Waals surface area contributed by atoms with Gasteiger partial charge in [0.25, 0.3) is 0 Å². The van der Waals surface area contributed by atoms with Crippen LogP contribution in [0.1, 0.15) is 17.7 Å². The summed E-state index contributed by atoms with van der Waals surface area (Å²) >= 11 is 0. The molecule has 0 bridgehead atoms. The summed E-state index contributed by atoms with van der Waals surface area (Å²) in [6, 6.07) is 19.8. The lowest BCUT2D eigenvalue weighted by atomic mass is 10.0. The maximum absolute atomic E-state index is 12.7. The minimum Gasteiger partial charge on any atom is -0.364 e. The molecule has 1 unspecified atom stereocenters. The molecule has 1 fully saturated rings. The Hall–Kier alpha value is -3.45. The Morgan fingerprint density at radius 2 is 1.87 bits per heavy atom. The van der Waals surface area contributed by atoms with E-state index in [-0.39, 0.29) is 18.2 Å². The maximum atomic E-state index is 12.7. The maximum Gasteiger partial charge on any atom is 0.237 e. The number of benzene rings is 2. The Balaban J connectivity index is 1.41. The molecule has 1 N–H and O–H groups in total. The van der Waals surface area contributed by atoms with Crippen LogP contribution in [0.2, 0.25) is 0 Å². The molecular weight excluding hydrogens is 392 g/mol. The van der Waals surface area contributed by atoms with Crippen LogP contribution in [-0.4, -0.2) is 52.9 Å². The Morgan fingerprint density at radius 1 is 1.13 bits per heavy atom. The van der Waals surface area contributed by atoms with E-state index in [0.29, 0.717) is 31.9 Å². The van der Waals surface area contributed by atoms with Crippen molar-refractivity contribution in [1.82, 2.24) is 20.3 Å². The number of hydrogen-bond acceptors (Lipinski definition) is 5. The molecule has 1 atom stereocenters. The van der Waals surface area contributed by atoms with Gasteiger partial charge >= 0.3 is 0 Å². The predicted octanol–water partition coefficient (Wildman–Crippen LogP) is 2.69. The highest BCUT2D eigenvalue weighted by Gasteiger charge is 2.32. The van der Waals surface area contributed by atoms with E-state index in [9.17, 15) is 9.59 Å². The van der Waals surface area contributed by atoms with E-state index < -0.39 is 6.04 Å². The molecule has 2 heterocycles. The van der Waals surface area contributed by atoms with Crippen molar-refractivity contribution in [3.63, 3.8) is 0 Å². The minimum absolute atomic E-state index is 0.102. The largest absolute Gasteiger partial charge is 0.364 e. The van der Waals surface area contributed by atoms with Gasteiger partial charge in [0.1, 0.15) is 12.0 Å². The Morgan fingerprint density at radius 3 is 2.58 bits per heavy atom. The van der Waals surface area contributed by atoms with Crippen LogP contribution in [0.4, 0.5) is 0 Å². The Bertz CT molecular complexity index is 1000. The highest BCUT2D eigenvalue weighted by atomic mass is 16.5. The zero-order valence-corrected chi connectivity index (χ0v) is 17.5. The highest BCUT2D eigenvalue weighted by molar-refractivity contribution is 5.88. The second-order valence-corrected chi connectivity index (χ2v) is 7.78. The van der Waals surface area contributed by atoms with Gasteiger partial charge in [-0.25, -0.2) is 0 Å². The number of nitrogens with zero attached hydrogens (tertiary/aromatic N) is 3. The van der Waals surface area contributed by atoms with Crippen molar-refractivity contribution in [2.75, 3.05) is 20.1 Å². The van der Waals surface area contributed by atoms with E-state index in [1.165, 1.54) is 11.8 Å². The highest BCUT2D eigenvalue weighted by Crippen LogP contribution is 2.21. The summed E-state index contributed by atoms with van der Waals surface area (Å²) in [5.74, 6) is -0.204. The number of piperazine rings is 1. The average Bonchev–Trinajstić information content (AvgIpc) is 3.30. The molecular formula is C24H26N4O3. The summed E-state index contributed by atoms with van der Waals surface area (Å²) in [6.07, 6.45) is 1.61. The topological polar surface area (TPSA) is 78.7 Å². The van der Waals surface area contributed by atoms with Crippen LogP contribution >= 0.6 is 0 Å². The van der Waals surface area contributed by atoms with Crippen molar-refractivity contribution in [2.45, 2.75) is 25.6 Å². The minimum atomic E-state index is -0.491. The van der Waals surface area contributed by atoms with E-state index in [4.69, 9.17) is 4.52 Å². The van der Waals surface area contributed by atoms with Crippen LogP contribution in [0.5, 0.6) is 0 Å². The number of amides is 2. The van der Waals surface area contributed by atoms with Gasteiger partial charge in [-0.05, 0) is 16.7 Å². The van der Waals surface area contributed by atoms with E-state index in [0.717, 1.165) is 11.1 Å². The van der Waals surface area contributed by atoms with Crippen LogP contribution in [0.15, 0.2) is 71.4 Å². The van der Waals surface area contributed by atoms with Gasteiger partial charge in [-0.2, -0.15) is 0 Å². The van der Waals surface area contributed by atoms with Gasteiger partial charge in [0, 0.05) is 32.7 Å². The summed E-state index contributed by atoms with van der Waals surface area (Å²) in [5, 5.41) is 6.73. The van der Waals surface area contributed by atoms with Gasteiger partial charge in [-0.1, -0.05) is 59.8 Å². The van der Waals surface area contributed by atoms with Gasteiger partial charge in [0.05, 0.1) is 19.0 Å². The predicted molar refractivity (Wildman–Crippen MR) is 117 cm³/mol. The van der Waals surface area contributed by atoms with Crippen LogP contribution in [-0.2, 0) is 22.7 Å². The van der Waals surface area contributed by atoms with Crippen molar-refractivity contribution in [1.29, 1.82) is 0 Å². The van der Waals surface area contributed by atoms with E-state index in [2.05, 4.69) is 51.8 Å². The van der Waals surface area contributed by atoms with Crippen LogP contribution in [0, 0.1) is 0 Å². The molecule has 0 saturated carbocycles. The molecule has 3 aromatic rings. The smallest absolute Gasteiger partial charge is 0.237 e. The second kappa shape index (κ2) is 9.57. The fourth-order valence-corrected chi connectivity index (χ4v) is 3.81. The van der Waals surface area contributed by atoms with Crippen molar-refractivity contribution >= 4 is 11.8 Å². The lowest BCUT2D eigenvalue weighted by molar-refractivity contribution is -0.138. The van der Waals surface area contributed by atoms with Crippen molar-refractivity contribution < 1.29 is 14.1 Å². The molecule has 1 saturated heterocycles. The normalized spacial score (nSPS) is 16.7. The molecule has 0 aliphatic carbocycles. The zero-order chi connectivity index (χ0) is 21.6. The summed E-state index contributed by atoms with van der Waals surface area (Å²) in [6.45, 7) is 2.26. The zero-order valence-electron chi connectivity index (χ0n) is 17.5. The summed E-state index contributed by atoms with van der Waals surface area (Å²) in [5.41, 5.74) is 4.12. The average molecular weight is 418 g/mol. The van der Waals surface area contributed by atoms with Gasteiger partial charge in [-0.15, -0.1) is 0 Å². The van der Waals surface area contributed by atoms with Gasteiger partial charge in [0.2, 0.25) is 11.8 Å². The van der Waals surface area contributed by atoms with E-state index >= 15 is 0 Å². The first-order valence-corrected chi connectivity index (χ1v) is 10.4.